The fourth-order valence-electron chi connectivity index (χ4n) is 2.79. The third-order valence-electron chi connectivity index (χ3n) is 4.25. The van der Waals surface area contributed by atoms with Gasteiger partial charge in [0.1, 0.15) is 24.2 Å². The van der Waals surface area contributed by atoms with Gasteiger partial charge < -0.3 is 14.5 Å². The molecule has 29 heavy (non-hydrogen) atoms. The minimum atomic E-state index is -4.64. The molecule has 1 atom stereocenters. The molecule has 0 spiro atoms. The first-order valence-electron chi connectivity index (χ1n) is 8.45. The number of carbonyl (C=O) groups excluding carboxylic acids is 1. The number of hydrogen-bond donors (Lipinski definition) is 1. The molecule has 0 radical (unpaired) electrons. The summed E-state index contributed by atoms with van der Waals surface area (Å²) >= 11 is 0. The number of pyridine rings is 1. The Kier molecular flexibility index (Phi) is 5.53. The zero-order valence-corrected chi connectivity index (χ0v) is 15.2. The highest BCUT2D eigenvalue weighted by Gasteiger charge is 2.31. The largest absolute Gasteiger partial charge is 0.417 e. The van der Waals surface area contributed by atoms with Crippen LogP contribution in [0.4, 0.5) is 17.6 Å². The summed E-state index contributed by atoms with van der Waals surface area (Å²) in [6, 6.07) is 5.99. The fraction of sp³-hybridized carbons (Fsp3) is 0.211. The van der Waals surface area contributed by atoms with Gasteiger partial charge in [0.2, 0.25) is 5.91 Å². The van der Waals surface area contributed by atoms with Crippen molar-refractivity contribution in [2.45, 2.75) is 18.8 Å². The van der Waals surface area contributed by atoms with Crippen LogP contribution in [0.5, 0.6) is 0 Å². The maximum atomic E-state index is 13.3. The van der Waals surface area contributed by atoms with Crippen LogP contribution in [0.1, 0.15) is 23.0 Å². The van der Waals surface area contributed by atoms with E-state index in [0.717, 1.165) is 6.07 Å². The van der Waals surface area contributed by atoms with Crippen LogP contribution in [0.15, 0.2) is 59.8 Å². The molecule has 0 saturated heterocycles. The van der Waals surface area contributed by atoms with Gasteiger partial charge >= 0.3 is 6.18 Å². The monoisotopic (exact) mass is 408 g/mol. The molecule has 0 aliphatic rings. The Hall–Kier alpha value is -3.43. The van der Waals surface area contributed by atoms with E-state index < -0.39 is 41.6 Å². The van der Waals surface area contributed by atoms with Gasteiger partial charge in [-0.25, -0.2) is 9.37 Å². The van der Waals surface area contributed by atoms with Gasteiger partial charge in [0.25, 0.3) is 5.56 Å². The summed E-state index contributed by atoms with van der Waals surface area (Å²) in [6.07, 6.45) is -0.893. The number of aryl methyl sites for hydroxylation is 1. The normalized spacial score (nSPS) is 12.6. The Labute approximate surface area is 162 Å². The zero-order chi connectivity index (χ0) is 21.2. The number of amides is 1. The smallest absolute Gasteiger partial charge is 0.341 e. The first kappa shape index (κ1) is 20.3. The SMILES string of the molecule is Cn1ccnc1C(NC(=O)Cn1cc(C(F)(F)F)ccc1=O)c1ccc(F)cc1. The van der Waals surface area contributed by atoms with Gasteiger partial charge in [-0.3, -0.25) is 9.59 Å². The second-order valence-corrected chi connectivity index (χ2v) is 6.33. The molecule has 152 valence electrons. The van der Waals surface area contributed by atoms with Crippen LogP contribution in [0.2, 0.25) is 0 Å². The lowest BCUT2D eigenvalue weighted by atomic mass is 10.1. The van der Waals surface area contributed by atoms with E-state index >= 15 is 0 Å². The summed E-state index contributed by atoms with van der Waals surface area (Å²) in [6.45, 7) is -0.620. The minimum absolute atomic E-state index is 0.432. The number of aromatic nitrogens is 3. The van der Waals surface area contributed by atoms with E-state index in [0.29, 0.717) is 28.2 Å². The molecule has 0 fully saturated rings. The average Bonchev–Trinajstić information content (AvgIpc) is 3.07. The van der Waals surface area contributed by atoms with Crippen LogP contribution in [0.25, 0.3) is 0 Å². The van der Waals surface area contributed by atoms with Crippen molar-refractivity contribution < 1.29 is 22.4 Å². The lowest BCUT2D eigenvalue weighted by molar-refractivity contribution is -0.138. The Morgan fingerprint density at radius 3 is 2.45 bits per heavy atom. The van der Waals surface area contributed by atoms with E-state index in [4.69, 9.17) is 0 Å². The number of rotatable bonds is 5. The predicted octanol–water partition coefficient (Wildman–Crippen LogP) is 2.65. The summed E-state index contributed by atoms with van der Waals surface area (Å²) in [5.74, 6) is -0.737. The highest BCUT2D eigenvalue weighted by molar-refractivity contribution is 5.76. The molecule has 0 aliphatic carbocycles. The second-order valence-electron chi connectivity index (χ2n) is 6.33. The van der Waals surface area contributed by atoms with Gasteiger partial charge in [0.05, 0.1) is 5.56 Å². The van der Waals surface area contributed by atoms with Gasteiger partial charge in [-0.2, -0.15) is 13.2 Å². The minimum Gasteiger partial charge on any atom is -0.341 e. The van der Waals surface area contributed by atoms with Crippen LogP contribution in [0.3, 0.4) is 0 Å². The Morgan fingerprint density at radius 2 is 1.86 bits per heavy atom. The van der Waals surface area contributed by atoms with E-state index in [1.165, 1.54) is 30.5 Å². The third kappa shape index (κ3) is 4.71. The zero-order valence-electron chi connectivity index (χ0n) is 15.2. The van der Waals surface area contributed by atoms with Crippen LogP contribution < -0.4 is 10.9 Å². The number of nitrogens with zero attached hydrogens (tertiary/aromatic N) is 3. The highest BCUT2D eigenvalue weighted by atomic mass is 19.4. The van der Waals surface area contributed by atoms with Crippen molar-refractivity contribution in [1.82, 2.24) is 19.4 Å². The molecule has 10 heteroatoms. The van der Waals surface area contributed by atoms with Gasteiger partial charge in [-0.05, 0) is 23.8 Å². The van der Waals surface area contributed by atoms with Crippen LogP contribution in [-0.4, -0.2) is 20.0 Å². The molecule has 3 rings (SSSR count). The first-order valence-corrected chi connectivity index (χ1v) is 8.45. The second kappa shape index (κ2) is 7.90. The number of alkyl halides is 3. The molecule has 1 aromatic carbocycles. The van der Waals surface area contributed by atoms with Crippen molar-refractivity contribution in [1.29, 1.82) is 0 Å². The molecule has 3 aromatic rings. The van der Waals surface area contributed by atoms with Gasteiger partial charge in [0, 0.05) is 31.7 Å². The van der Waals surface area contributed by atoms with Gasteiger partial charge in [-0.1, -0.05) is 12.1 Å². The number of nitrogens with one attached hydrogen (secondary N) is 1. The molecule has 1 unspecified atom stereocenters. The van der Waals surface area contributed by atoms with Crippen molar-refractivity contribution in [3.05, 3.63) is 88.1 Å². The van der Waals surface area contributed by atoms with Gasteiger partial charge in [-0.15, -0.1) is 0 Å². The Balaban J connectivity index is 1.87. The number of carbonyl (C=O) groups is 1. The predicted molar refractivity (Wildman–Crippen MR) is 95.3 cm³/mol. The number of imidazole rings is 1. The lowest BCUT2D eigenvalue weighted by Crippen LogP contribution is -2.36. The van der Waals surface area contributed by atoms with E-state index in [9.17, 15) is 27.2 Å². The molecule has 0 bridgehead atoms. The van der Waals surface area contributed by atoms with E-state index in [2.05, 4.69) is 10.3 Å². The van der Waals surface area contributed by atoms with Crippen molar-refractivity contribution in [3.8, 4) is 0 Å². The standard InChI is InChI=1S/C19H16F4N4O2/c1-26-9-8-24-18(26)17(12-2-5-14(20)6-3-12)25-15(28)11-27-10-13(19(21,22)23)4-7-16(27)29/h2-10,17H,11H2,1H3,(H,25,28). The average molecular weight is 408 g/mol. The van der Waals surface area contributed by atoms with E-state index in [1.54, 1.807) is 17.8 Å². The number of benzene rings is 1. The molecule has 2 aromatic heterocycles. The Morgan fingerprint density at radius 1 is 1.17 bits per heavy atom. The highest BCUT2D eigenvalue weighted by Crippen LogP contribution is 2.28. The van der Waals surface area contributed by atoms with Crippen molar-refractivity contribution in [2.24, 2.45) is 7.05 Å². The lowest BCUT2D eigenvalue weighted by Gasteiger charge is -2.20. The first-order chi connectivity index (χ1) is 13.6. The van der Waals surface area contributed by atoms with E-state index in [1.807, 2.05) is 0 Å². The van der Waals surface area contributed by atoms with Gasteiger partial charge in [0.15, 0.2) is 0 Å². The molecular formula is C19H16F4N4O2. The molecule has 0 aliphatic heterocycles. The molecule has 6 nitrogen and oxygen atoms in total. The number of halogens is 4. The molecular weight excluding hydrogens is 392 g/mol. The Bertz CT molecular complexity index is 1070. The number of hydrogen-bond acceptors (Lipinski definition) is 3. The summed E-state index contributed by atoms with van der Waals surface area (Å²) in [5, 5.41) is 2.64. The van der Waals surface area contributed by atoms with Crippen LogP contribution >= 0.6 is 0 Å². The molecule has 1 N–H and O–H groups in total. The van der Waals surface area contributed by atoms with Crippen molar-refractivity contribution >= 4 is 5.91 Å². The maximum Gasteiger partial charge on any atom is 0.417 e. The van der Waals surface area contributed by atoms with E-state index in [-0.39, 0.29) is 0 Å². The third-order valence-corrected chi connectivity index (χ3v) is 4.25. The topological polar surface area (TPSA) is 68.9 Å². The van der Waals surface area contributed by atoms with Crippen LogP contribution in [-0.2, 0) is 24.6 Å². The molecule has 2 heterocycles. The maximum absolute atomic E-state index is 13.3. The summed E-state index contributed by atoms with van der Waals surface area (Å²) < 4.78 is 54.2. The molecule has 0 saturated carbocycles. The summed E-state index contributed by atoms with van der Waals surface area (Å²) in [4.78, 5) is 28.6. The molecule has 1 amide bonds. The van der Waals surface area contributed by atoms with Crippen molar-refractivity contribution in [3.63, 3.8) is 0 Å². The van der Waals surface area contributed by atoms with Crippen LogP contribution in [0, 0.1) is 5.82 Å². The van der Waals surface area contributed by atoms with Crippen molar-refractivity contribution in [2.75, 3.05) is 0 Å². The fourth-order valence-corrected chi connectivity index (χ4v) is 2.79. The summed E-state index contributed by atoms with van der Waals surface area (Å²) in [7, 11) is 1.70. The quantitative estimate of drug-likeness (QED) is 0.660. The summed E-state index contributed by atoms with van der Waals surface area (Å²) in [5.41, 5.74) is -1.27.